The second-order valence-electron chi connectivity index (χ2n) is 8.52. The number of rotatable bonds is 3. The predicted octanol–water partition coefficient (Wildman–Crippen LogP) is 2.52. The van der Waals surface area contributed by atoms with Crippen LogP contribution >= 0.6 is 24.2 Å². The van der Waals surface area contributed by atoms with Gasteiger partial charge < -0.3 is 16.0 Å². The maximum absolute atomic E-state index is 13.0. The summed E-state index contributed by atoms with van der Waals surface area (Å²) in [6.45, 7) is 0. The van der Waals surface area contributed by atoms with E-state index in [2.05, 4.69) is 5.32 Å². The summed E-state index contributed by atoms with van der Waals surface area (Å²) in [6.07, 6.45) is 9.99. The van der Waals surface area contributed by atoms with Crippen LogP contribution in [0.4, 0.5) is 0 Å². The molecule has 3 N–H and O–H groups in total. The molecule has 1 heterocycles. The van der Waals surface area contributed by atoms with Gasteiger partial charge in [0, 0.05) is 23.8 Å². The third kappa shape index (κ3) is 4.02. The largest absolute Gasteiger partial charge is 0.351 e. The van der Waals surface area contributed by atoms with E-state index >= 15 is 0 Å². The normalized spacial score (nSPS) is 37.3. The number of carbonyl (C=O) groups excluding carboxylic acids is 2. The second kappa shape index (κ2) is 8.70. The van der Waals surface area contributed by atoms with Gasteiger partial charge >= 0.3 is 0 Å². The average Bonchev–Trinajstić information content (AvgIpc) is 3.26. The SMILES string of the molecule is Cl.NC1CC2CCCC(C1)C2NC(=O)C1CSCN1C(=O)C1CCCC1. The number of nitrogens with zero attached hydrogens (tertiary/aromatic N) is 1. The molecular weight excluding hydrogens is 370 g/mol. The molecule has 0 radical (unpaired) electrons. The Morgan fingerprint density at radius 3 is 2.31 bits per heavy atom. The van der Waals surface area contributed by atoms with E-state index in [1.807, 2.05) is 4.90 Å². The van der Waals surface area contributed by atoms with Gasteiger partial charge in [-0.2, -0.15) is 0 Å². The number of hydrogen-bond acceptors (Lipinski definition) is 4. The number of thioether (sulfide) groups is 1. The Labute approximate surface area is 167 Å². The van der Waals surface area contributed by atoms with E-state index in [0.29, 0.717) is 23.8 Å². The Balaban J connectivity index is 0.00000196. The first-order valence-corrected chi connectivity index (χ1v) is 11.2. The average molecular weight is 402 g/mol. The lowest BCUT2D eigenvalue weighted by Gasteiger charge is -2.45. The van der Waals surface area contributed by atoms with Crippen LogP contribution in [0.3, 0.4) is 0 Å². The summed E-state index contributed by atoms with van der Waals surface area (Å²) in [5.74, 6) is 2.92. The molecule has 0 aromatic heterocycles. The quantitative estimate of drug-likeness (QED) is 0.761. The molecule has 2 bridgehead atoms. The summed E-state index contributed by atoms with van der Waals surface area (Å²) in [5, 5.41) is 3.36. The Morgan fingerprint density at radius 1 is 1.00 bits per heavy atom. The van der Waals surface area contributed by atoms with Gasteiger partial charge in [0.25, 0.3) is 0 Å². The number of amides is 2. The number of nitrogens with two attached hydrogens (primary N) is 1. The van der Waals surface area contributed by atoms with Crippen molar-refractivity contribution in [1.82, 2.24) is 10.2 Å². The van der Waals surface area contributed by atoms with Crippen molar-refractivity contribution in [3.05, 3.63) is 0 Å². The second-order valence-corrected chi connectivity index (χ2v) is 9.52. The van der Waals surface area contributed by atoms with Gasteiger partial charge in [0.1, 0.15) is 6.04 Å². The number of fused-ring (bicyclic) bond motifs is 2. The van der Waals surface area contributed by atoms with Gasteiger partial charge in [0.2, 0.25) is 11.8 Å². The maximum atomic E-state index is 13.0. The molecule has 0 aromatic rings. The summed E-state index contributed by atoms with van der Waals surface area (Å²) in [7, 11) is 0. The van der Waals surface area contributed by atoms with Crippen LogP contribution < -0.4 is 11.1 Å². The van der Waals surface area contributed by atoms with Gasteiger partial charge in [-0.05, 0) is 50.4 Å². The van der Waals surface area contributed by atoms with Crippen LogP contribution in [0.2, 0.25) is 0 Å². The highest BCUT2D eigenvalue weighted by atomic mass is 35.5. The Morgan fingerprint density at radius 2 is 1.65 bits per heavy atom. The van der Waals surface area contributed by atoms with Crippen molar-refractivity contribution in [2.45, 2.75) is 75.9 Å². The van der Waals surface area contributed by atoms with E-state index in [1.165, 1.54) is 19.3 Å². The first-order chi connectivity index (χ1) is 12.1. The molecule has 3 atom stereocenters. The van der Waals surface area contributed by atoms with Gasteiger partial charge in [-0.25, -0.2) is 0 Å². The minimum Gasteiger partial charge on any atom is -0.351 e. The molecule has 1 saturated heterocycles. The van der Waals surface area contributed by atoms with E-state index in [-0.39, 0.29) is 42.2 Å². The number of hydrogen-bond donors (Lipinski definition) is 2. The van der Waals surface area contributed by atoms with E-state index in [4.69, 9.17) is 5.73 Å². The first-order valence-electron chi connectivity index (χ1n) is 10.1. The standard InChI is InChI=1S/C19H31N3O2S.ClH/c20-15-8-13-6-3-7-14(9-15)17(13)21-18(23)16-10-25-11-22(16)19(24)12-4-1-2-5-12;/h12-17H,1-11,20H2,(H,21,23);1H. The molecule has 0 spiro atoms. The minimum atomic E-state index is -0.269. The van der Waals surface area contributed by atoms with Crippen LogP contribution in [0.1, 0.15) is 57.8 Å². The van der Waals surface area contributed by atoms with Gasteiger partial charge in [-0.3, -0.25) is 9.59 Å². The Hall–Kier alpha value is -0.460. The van der Waals surface area contributed by atoms with Crippen LogP contribution in [0.15, 0.2) is 0 Å². The predicted molar refractivity (Wildman–Crippen MR) is 107 cm³/mol. The van der Waals surface area contributed by atoms with Crippen LogP contribution in [0.25, 0.3) is 0 Å². The van der Waals surface area contributed by atoms with E-state index < -0.39 is 0 Å². The van der Waals surface area contributed by atoms with Crippen LogP contribution in [-0.2, 0) is 9.59 Å². The minimum absolute atomic E-state index is 0. The van der Waals surface area contributed by atoms with Crippen molar-refractivity contribution in [1.29, 1.82) is 0 Å². The molecule has 3 saturated carbocycles. The van der Waals surface area contributed by atoms with Crippen molar-refractivity contribution in [3.8, 4) is 0 Å². The molecule has 7 heteroatoms. The van der Waals surface area contributed by atoms with Crippen molar-refractivity contribution >= 4 is 36.0 Å². The van der Waals surface area contributed by atoms with Crippen molar-refractivity contribution in [3.63, 3.8) is 0 Å². The third-order valence-corrected chi connectivity index (χ3v) is 7.87. The highest BCUT2D eigenvalue weighted by Crippen LogP contribution is 2.40. The molecule has 148 valence electrons. The first kappa shape index (κ1) is 20.3. The molecule has 3 aliphatic carbocycles. The molecule has 4 fully saturated rings. The summed E-state index contributed by atoms with van der Waals surface area (Å²) < 4.78 is 0. The molecule has 4 rings (SSSR count). The van der Waals surface area contributed by atoms with Crippen LogP contribution in [0.5, 0.6) is 0 Å². The van der Waals surface area contributed by atoms with Gasteiger partial charge in [-0.15, -0.1) is 24.2 Å². The van der Waals surface area contributed by atoms with E-state index in [1.54, 1.807) is 11.8 Å². The fraction of sp³-hybridized carbons (Fsp3) is 0.895. The smallest absolute Gasteiger partial charge is 0.243 e. The summed E-state index contributed by atoms with van der Waals surface area (Å²) >= 11 is 1.71. The zero-order valence-corrected chi connectivity index (χ0v) is 17.0. The topological polar surface area (TPSA) is 75.4 Å². The molecular formula is C19H32ClN3O2S. The summed E-state index contributed by atoms with van der Waals surface area (Å²) in [4.78, 5) is 27.7. The Bertz CT molecular complexity index is 515. The van der Waals surface area contributed by atoms with Gasteiger partial charge in [0.15, 0.2) is 0 Å². The number of nitrogens with one attached hydrogen (secondary N) is 1. The van der Waals surface area contributed by atoms with E-state index in [0.717, 1.165) is 44.3 Å². The van der Waals surface area contributed by atoms with E-state index in [9.17, 15) is 9.59 Å². The molecule has 26 heavy (non-hydrogen) atoms. The molecule has 2 amide bonds. The van der Waals surface area contributed by atoms with Crippen LogP contribution in [0, 0.1) is 17.8 Å². The number of carbonyl (C=O) groups is 2. The maximum Gasteiger partial charge on any atom is 0.243 e. The lowest BCUT2D eigenvalue weighted by atomic mass is 9.67. The molecule has 5 nitrogen and oxygen atoms in total. The summed E-state index contributed by atoms with van der Waals surface area (Å²) in [5.41, 5.74) is 6.20. The molecule has 0 aromatic carbocycles. The monoisotopic (exact) mass is 401 g/mol. The highest BCUT2D eigenvalue weighted by Gasteiger charge is 2.43. The lowest BCUT2D eigenvalue weighted by molar-refractivity contribution is -0.141. The molecule has 1 aliphatic heterocycles. The van der Waals surface area contributed by atoms with Crippen molar-refractivity contribution in [2.24, 2.45) is 23.5 Å². The molecule has 4 aliphatic rings. The highest BCUT2D eigenvalue weighted by molar-refractivity contribution is 7.99. The van der Waals surface area contributed by atoms with Gasteiger partial charge in [-0.1, -0.05) is 19.3 Å². The van der Waals surface area contributed by atoms with Crippen molar-refractivity contribution < 1.29 is 9.59 Å². The van der Waals surface area contributed by atoms with Gasteiger partial charge in [0.05, 0.1) is 5.88 Å². The number of halogens is 1. The zero-order chi connectivity index (χ0) is 17.4. The fourth-order valence-electron chi connectivity index (χ4n) is 5.57. The lowest BCUT2D eigenvalue weighted by Crippen LogP contribution is -2.58. The third-order valence-electron chi connectivity index (χ3n) is 6.86. The van der Waals surface area contributed by atoms with Crippen molar-refractivity contribution in [2.75, 3.05) is 11.6 Å². The molecule has 3 unspecified atom stereocenters. The zero-order valence-electron chi connectivity index (χ0n) is 15.4. The fourth-order valence-corrected chi connectivity index (χ4v) is 6.73. The summed E-state index contributed by atoms with van der Waals surface area (Å²) in [6, 6.07) is 0.301. The Kier molecular flexibility index (Phi) is 6.78. The van der Waals surface area contributed by atoms with Crippen LogP contribution in [-0.4, -0.2) is 46.5 Å².